The second kappa shape index (κ2) is 22.8. The quantitative estimate of drug-likeness (QED) is 0.0795. The minimum atomic E-state index is -6.05. The summed E-state index contributed by atoms with van der Waals surface area (Å²) < 4.78 is 108. The zero-order valence-electron chi connectivity index (χ0n) is 39.4. The first kappa shape index (κ1) is 53.2. The Morgan fingerprint density at radius 2 is 1.50 bits per heavy atom. The van der Waals surface area contributed by atoms with Gasteiger partial charge in [0.25, 0.3) is 9.84 Å². The summed E-state index contributed by atoms with van der Waals surface area (Å²) in [5.74, 6) is -1.54. The molecule has 0 radical (unpaired) electrons. The predicted molar refractivity (Wildman–Crippen MR) is 268 cm³/mol. The Kier molecular flexibility index (Phi) is 17.4. The van der Waals surface area contributed by atoms with Crippen LogP contribution >= 0.6 is 23.4 Å². The van der Waals surface area contributed by atoms with Crippen LogP contribution in [-0.4, -0.2) is 151 Å². The molecule has 70 heavy (non-hydrogen) atoms. The molecule has 1 N–H and O–H groups in total. The molecule has 2 saturated heterocycles. The van der Waals surface area contributed by atoms with Crippen molar-refractivity contribution in [2.45, 2.75) is 65.5 Å². The van der Waals surface area contributed by atoms with Crippen LogP contribution in [0.15, 0.2) is 117 Å². The third-order valence-corrected chi connectivity index (χ3v) is 16.9. The fraction of sp³-hybridized carbons (Fsp3) is 0.440. The number of morpholine rings is 1. The number of benzene rings is 4. The SMILES string of the molecule is CC(C)(C)OC(=O)N1CCC(c2ccc(Cl)cc2)=C(CN2CCN(c3ccc(C(=O)CS(=O)(=O)c4ccc(N[C@H](CCN5CCOCC5)CSc5ccccc5)c(S(=O)(=O)C(F)(F)F)c4)cc3)CC2)C1. The van der Waals surface area contributed by atoms with Gasteiger partial charge in [-0.25, -0.2) is 21.6 Å². The van der Waals surface area contributed by atoms with Crippen molar-refractivity contribution in [1.29, 1.82) is 0 Å². The Hall–Kier alpha value is -4.63. The van der Waals surface area contributed by atoms with E-state index in [1.165, 1.54) is 29.5 Å². The molecule has 4 aromatic rings. The number of amides is 1. The minimum absolute atomic E-state index is 0.0694. The monoisotopic (exact) mass is 1050 g/mol. The molecule has 7 rings (SSSR count). The molecule has 1 amide bonds. The summed E-state index contributed by atoms with van der Waals surface area (Å²) in [4.78, 5) is 33.9. The van der Waals surface area contributed by atoms with Crippen LogP contribution in [0.5, 0.6) is 0 Å². The molecule has 3 heterocycles. The average Bonchev–Trinajstić information content (AvgIpc) is 3.32. The summed E-state index contributed by atoms with van der Waals surface area (Å²) in [6.45, 7) is 12.8. The number of rotatable bonds is 17. The first-order valence-corrected chi connectivity index (χ1v) is 27.6. The molecule has 0 bridgehead atoms. The Morgan fingerprint density at radius 3 is 2.14 bits per heavy atom. The van der Waals surface area contributed by atoms with E-state index in [-0.39, 0.29) is 11.7 Å². The van der Waals surface area contributed by atoms with Crippen molar-refractivity contribution in [2.75, 3.05) is 100 Å². The maximum atomic E-state index is 14.2. The van der Waals surface area contributed by atoms with E-state index in [2.05, 4.69) is 20.0 Å². The van der Waals surface area contributed by atoms with Gasteiger partial charge in [-0.2, -0.15) is 13.2 Å². The summed E-state index contributed by atoms with van der Waals surface area (Å²) in [6.07, 6.45) is 0.752. The molecule has 0 spiro atoms. The maximum absolute atomic E-state index is 14.2. The van der Waals surface area contributed by atoms with Crippen molar-refractivity contribution in [2.24, 2.45) is 0 Å². The van der Waals surface area contributed by atoms with Crippen LogP contribution in [0.2, 0.25) is 5.02 Å². The van der Waals surface area contributed by atoms with Gasteiger partial charge in [0.1, 0.15) is 16.2 Å². The first-order valence-electron chi connectivity index (χ1n) is 23.1. The highest BCUT2D eigenvalue weighted by atomic mass is 35.5. The van der Waals surface area contributed by atoms with Gasteiger partial charge in [-0.05, 0) is 117 Å². The number of sulfone groups is 2. The van der Waals surface area contributed by atoms with Gasteiger partial charge in [-0.3, -0.25) is 14.6 Å². The number of ether oxygens (including phenoxy) is 2. The lowest BCUT2D eigenvalue weighted by atomic mass is 9.93. The largest absolute Gasteiger partial charge is 0.501 e. The normalized spacial score (nSPS) is 17.4. The van der Waals surface area contributed by atoms with Crippen LogP contribution in [0, 0.1) is 0 Å². The number of halogens is 4. The average molecular weight is 1050 g/mol. The molecule has 13 nitrogen and oxygen atoms in total. The van der Waals surface area contributed by atoms with Gasteiger partial charge < -0.3 is 24.6 Å². The zero-order chi connectivity index (χ0) is 50.3. The second-order valence-electron chi connectivity index (χ2n) is 18.5. The number of anilines is 2. The number of nitrogens with one attached hydrogen (secondary N) is 1. The van der Waals surface area contributed by atoms with Gasteiger partial charge in [-0.15, -0.1) is 11.8 Å². The fourth-order valence-corrected chi connectivity index (χ4v) is 11.9. The summed E-state index contributed by atoms with van der Waals surface area (Å²) in [6, 6.07) is 25.6. The van der Waals surface area contributed by atoms with Crippen LogP contribution in [0.25, 0.3) is 5.57 Å². The summed E-state index contributed by atoms with van der Waals surface area (Å²) in [7, 11) is -10.7. The molecule has 0 aromatic heterocycles. The lowest BCUT2D eigenvalue weighted by Crippen LogP contribution is -2.48. The maximum Gasteiger partial charge on any atom is 0.501 e. The molecule has 378 valence electrons. The number of thioether (sulfide) groups is 1. The standard InChI is InChI=1S/C50H59ClF3N5O8S3/c1-49(2,3)67-48(61)59-22-20-44(36-9-13-39(51)14-10-36)38(33-59)32-57-23-25-58(26-24-57)41-15-11-37(12-16-41)46(60)35-69(62,63)43-17-18-45(47(31-43)70(64,65)50(52,53)54)55-40(19-21-56-27-29-66-30-28-56)34-68-42-7-5-4-6-8-42/h4-18,31,40,55H,19-30,32-35H2,1-3H3/t40-/m1/s1. The summed E-state index contributed by atoms with van der Waals surface area (Å²) in [5.41, 5.74) is -2.52. The van der Waals surface area contributed by atoms with Crippen LogP contribution in [0.4, 0.5) is 29.3 Å². The smallest absolute Gasteiger partial charge is 0.444 e. The number of Topliss-reactive ketones (excluding diaryl/α,β-unsaturated/α-hetero) is 1. The molecule has 0 aliphatic carbocycles. The van der Waals surface area contributed by atoms with E-state index in [1.807, 2.05) is 75.4 Å². The highest BCUT2D eigenvalue weighted by molar-refractivity contribution is 7.99. The molecule has 1 atom stereocenters. The highest BCUT2D eigenvalue weighted by Crippen LogP contribution is 2.37. The number of hydrogen-bond donors (Lipinski definition) is 1. The van der Waals surface area contributed by atoms with Crippen molar-refractivity contribution < 1.29 is 49.1 Å². The van der Waals surface area contributed by atoms with Crippen molar-refractivity contribution in [3.05, 3.63) is 119 Å². The molecule has 3 aliphatic heterocycles. The second-order valence-corrected chi connectivity index (χ2v) is 24.0. The molecule has 20 heteroatoms. The van der Waals surface area contributed by atoms with Crippen molar-refractivity contribution in [3.63, 3.8) is 0 Å². The van der Waals surface area contributed by atoms with Crippen LogP contribution < -0.4 is 10.2 Å². The van der Waals surface area contributed by atoms with Crippen LogP contribution in [0.1, 0.15) is 49.5 Å². The number of nitrogens with zero attached hydrogens (tertiary/aromatic N) is 4. The number of carbonyl (C=O) groups is 2. The number of hydrogen-bond acceptors (Lipinski definition) is 13. The number of carbonyl (C=O) groups excluding carboxylic acids is 2. The van der Waals surface area contributed by atoms with E-state index in [9.17, 15) is 39.6 Å². The first-order chi connectivity index (χ1) is 33.1. The topological polar surface area (TPSA) is 146 Å². The number of ketones is 1. The lowest BCUT2D eigenvalue weighted by Gasteiger charge is -2.39. The van der Waals surface area contributed by atoms with Gasteiger partial charge in [0.15, 0.2) is 15.6 Å². The van der Waals surface area contributed by atoms with Gasteiger partial charge in [0, 0.05) is 98.4 Å². The molecule has 3 aliphatic rings. The summed E-state index contributed by atoms with van der Waals surface area (Å²) >= 11 is 7.65. The van der Waals surface area contributed by atoms with Crippen molar-refractivity contribution in [3.8, 4) is 0 Å². The van der Waals surface area contributed by atoms with Crippen LogP contribution in [-0.2, 0) is 29.1 Å². The highest BCUT2D eigenvalue weighted by Gasteiger charge is 2.48. The Labute approximate surface area is 418 Å². The van der Waals surface area contributed by atoms with E-state index >= 15 is 0 Å². The molecule has 2 fully saturated rings. The van der Waals surface area contributed by atoms with Crippen molar-refractivity contribution in [1.82, 2.24) is 14.7 Å². The third-order valence-electron chi connectivity index (χ3n) is 12.3. The predicted octanol–water partition coefficient (Wildman–Crippen LogP) is 8.80. The Balaban J connectivity index is 1.01. The van der Waals surface area contributed by atoms with Crippen molar-refractivity contribution >= 4 is 71.9 Å². The van der Waals surface area contributed by atoms with Gasteiger partial charge in [0.05, 0.1) is 23.8 Å². The minimum Gasteiger partial charge on any atom is -0.444 e. The molecule has 4 aromatic carbocycles. The van der Waals surface area contributed by atoms with E-state index in [4.69, 9.17) is 21.1 Å². The number of alkyl halides is 3. The van der Waals surface area contributed by atoms with Crippen LogP contribution in [0.3, 0.4) is 0 Å². The molecular weight excluding hydrogens is 987 g/mol. The fourth-order valence-electron chi connectivity index (χ4n) is 8.54. The lowest BCUT2D eigenvalue weighted by molar-refractivity contribution is -0.0436. The van der Waals surface area contributed by atoms with Gasteiger partial charge in [0.2, 0.25) is 0 Å². The third kappa shape index (κ3) is 14.1. The molecule has 0 saturated carbocycles. The Morgan fingerprint density at radius 1 is 0.829 bits per heavy atom. The van der Waals surface area contributed by atoms with E-state index < -0.39 is 63.8 Å². The molecular formula is C50H59ClF3N5O8S3. The van der Waals surface area contributed by atoms with E-state index in [0.29, 0.717) is 108 Å². The van der Waals surface area contributed by atoms with E-state index in [1.54, 1.807) is 17.0 Å². The van der Waals surface area contributed by atoms with Gasteiger partial charge >= 0.3 is 11.6 Å². The van der Waals surface area contributed by atoms with Gasteiger partial charge in [-0.1, -0.05) is 41.9 Å². The number of piperazine rings is 1. The van der Waals surface area contributed by atoms with E-state index in [0.717, 1.165) is 33.9 Å². The Bertz CT molecular complexity index is 2710. The molecule has 0 unspecified atom stereocenters. The summed E-state index contributed by atoms with van der Waals surface area (Å²) in [5, 5.41) is 3.64. The zero-order valence-corrected chi connectivity index (χ0v) is 42.6.